The molecule has 0 unspecified atom stereocenters. The summed E-state index contributed by atoms with van der Waals surface area (Å²) in [5, 5.41) is 0. The molecule has 1 rings (SSSR count). The predicted molar refractivity (Wildman–Crippen MR) is 47.9 cm³/mol. The Balaban J connectivity index is 0.000000810. The maximum Gasteiger partial charge on any atom is 0.0240 e. The second kappa shape index (κ2) is 5.87. The van der Waals surface area contributed by atoms with E-state index in [1.807, 2.05) is 0 Å². The van der Waals surface area contributed by atoms with Crippen LogP contribution in [0.15, 0.2) is 12.3 Å². The van der Waals surface area contributed by atoms with E-state index in [-0.39, 0.29) is 12.4 Å². The van der Waals surface area contributed by atoms with E-state index >= 15 is 0 Å². The molecule has 1 nitrogen and oxygen atoms in total. The lowest BCUT2D eigenvalue weighted by atomic mass is 10.4. The Bertz CT molecular complexity index is 104. The van der Waals surface area contributed by atoms with Gasteiger partial charge in [0.15, 0.2) is 0 Å². The van der Waals surface area contributed by atoms with Gasteiger partial charge in [-0.25, -0.2) is 0 Å². The van der Waals surface area contributed by atoms with Gasteiger partial charge in [-0.3, -0.25) is 0 Å². The highest BCUT2D eigenvalue weighted by Crippen LogP contribution is 2.04. The summed E-state index contributed by atoms with van der Waals surface area (Å²) in [5.74, 6) is 0.782. The Hall–Kier alpha value is 0.120. The standard InChI is InChI=1S/C7H12ClN.ClH/c8-4-3-7-9-5-1-2-6-9;/h1,5H,2-4,6-7H2;1H. The lowest BCUT2D eigenvalue weighted by Gasteiger charge is -2.12. The first-order chi connectivity index (χ1) is 4.43. The summed E-state index contributed by atoms with van der Waals surface area (Å²) in [6.45, 7) is 2.32. The van der Waals surface area contributed by atoms with Crippen molar-refractivity contribution >= 4 is 24.0 Å². The van der Waals surface area contributed by atoms with Gasteiger partial charge in [0, 0.05) is 19.0 Å². The minimum atomic E-state index is 0. The number of alkyl halides is 1. The molecule has 1 heterocycles. The van der Waals surface area contributed by atoms with Gasteiger partial charge in [0.2, 0.25) is 0 Å². The van der Waals surface area contributed by atoms with Gasteiger partial charge < -0.3 is 4.90 Å². The number of nitrogens with zero attached hydrogens (tertiary/aromatic N) is 1. The summed E-state index contributed by atoms with van der Waals surface area (Å²) in [4.78, 5) is 2.31. The molecule has 1 aliphatic rings. The van der Waals surface area contributed by atoms with E-state index in [4.69, 9.17) is 11.6 Å². The third-order valence-electron chi connectivity index (χ3n) is 1.48. The van der Waals surface area contributed by atoms with E-state index < -0.39 is 0 Å². The molecular formula is C7H13Cl2N. The zero-order chi connectivity index (χ0) is 6.53. The Morgan fingerprint density at radius 2 is 2.30 bits per heavy atom. The SMILES string of the molecule is Cl.ClCCCN1C=CCC1. The van der Waals surface area contributed by atoms with Crippen LogP contribution in [0.4, 0.5) is 0 Å². The third kappa shape index (κ3) is 3.33. The van der Waals surface area contributed by atoms with Crippen LogP contribution in [0.1, 0.15) is 12.8 Å². The number of hydrogen-bond acceptors (Lipinski definition) is 1. The van der Waals surface area contributed by atoms with Gasteiger partial charge in [-0.1, -0.05) is 6.08 Å². The van der Waals surface area contributed by atoms with Crippen molar-refractivity contribution in [2.45, 2.75) is 12.8 Å². The highest BCUT2D eigenvalue weighted by atomic mass is 35.5. The zero-order valence-electron chi connectivity index (χ0n) is 5.92. The average Bonchev–Trinajstić information content (AvgIpc) is 2.34. The Kier molecular flexibility index (Phi) is 5.94. The van der Waals surface area contributed by atoms with Gasteiger partial charge in [0.25, 0.3) is 0 Å². The molecule has 60 valence electrons. The maximum atomic E-state index is 5.53. The topological polar surface area (TPSA) is 3.24 Å². The molecular weight excluding hydrogens is 169 g/mol. The first-order valence-electron chi connectivity index (χ1n) is 3.40. The van der Waals surface area contributed by atoms with Crippen molar-refractivity contribution < 1.29 is 0 Å². The molecule has 0 aromatic carbocycles. The van der Waals surface area contributed by atoms with Gasteiger partial charge in [0.1, 0.15) is 0 Å². The van der Waals surface area contributed by atoms with Crippen LogP contribution in [0.3, 0.4) is 0 Å². The molecule has 0 N–H and O–H groups in total. The van der Waals surface area contributed by atoms with E-state index in [1.54, 1.807) is 0 Å². The fourth-order valence-corrected chi connectivity index (χ4v) is 1.11. The van der Waals surface area contributed by atoms with Gasteiger partial charge >= 0.3 is 0 Å². The minimum absolute atomic E-state index is 0. The van der Waals surface area contributed by atoms with E-state index in [0.717, 1.165) is 18.8 Å². The molecule has 0 aliphatic carbocycles. The fraction of sp³-hybridized carbons (Fsp3) is 0.714. The van der Waals surface area contributed by atoms with Crippen LogP contribution in [-0.2, 0) is 0 Å². The van der Waals surface area contributed by atoms with Crippen LogP contribution in [0.5, 0.6) is 0 Å². The molecule has 0 saturated carbocycles. The first-order valence-corrected chi connectivity index (χ1v) is 3.93. The third-order valence-corrected chi connectivity index (χ3v) is 1.75. The largest absolute Gasteiger partial charge is 0.377 e. The lowest BCUT2D eigenvalue weighted by molar-refractivity contribution is 0.407. The Morgan fingerprint density at radius 3 is 2.80 bits per heavy atom. The molecule has 0 atom stereocenters. The lowest BCUT2D eigenvalue weighted by Crippen LogP contribution is -2.15. The summed E-state index contributed by atoms with van der Waals surface area (Å²) >= 11 is 5.53. The Labute approximate surface area is 73.4 Å². The quantitative estimate of drug-likeness (QED) is 0.605. The summed E-state index contributed by atoms with van der Waals surface area (Å²) in [6, 6.07) is 0. The molecule has 0 amide bonds. The molecule has 0 fully saturated rings. The van der Waals surface area contributed by atoms with Crippen molar-refractivity contribution in [3.63, 3.8) is 0 Å². The summed E-state index contributed by atoms with van der Waals surface area (Å²) < 4.78 is 0. The van der Waals surface area contributed by atoms with Crippen LogP contribution in [0, 0.1) is 0 Å². The van der Waals surface area contributed by atoms with Crippen molar-refractivity contribution in [2.75, 3.05) is 19.0 Å². The number of halogens is 2. The maximum absolute atomic E-state index is 5.53. The molecule has 0 spiro atoms. The molecule has 0 aromatic rings. The van der Waals surface area contributed by atoms with E-state index in [1.165, 1.54) is 13.0 Å². The van der Waals surface area contributed by atoms with Crippen LogP contribution in [0.25, 0.3) is 0 Å². The second-order valence-electron chi connectivity index (χ2n) is 2.25. The monoisotopic (exact) mass is 181 g/mol. The molecule has 1 aliphatic heterocycles. The van der Waals surface area contributed by atoms with Crippen molar-refractivity contribution in [3.8, 4) is 0 Å². The van der Waals surface area contributed by atoms with Crippen molar-refractivity contribution in [1.82, 2.24) is 4.90 Å². The van der Waals surface area contributed by atoms with Crippen LogP contribution < -0.4 is 0 Å². The molecule has 0 radical (unpaired) electrons. The smallest absolute Gasteiger partial charge is 0.0240 e. The van der Waals surface area contributed by atoms with Gasteiger partial charge in [-0.05, 0) is 19.0 Å². The second-order valence-corrected chi connectivity index (χ2v) is 2.63. The van der Waals surface area contributed by atoms with E-state index in [9.17, 15) is 0 Å². The van der Waals surface area contributed by atoms with E-state index in [2.05, 4.69) is 17.2 Å². The molecule has 0 aromatic heterocycles. The Morgan fingerprint density at radius 1 is 1.50 bits per heavy atom. The summed E-state index contributed by atoms with van der Waals surface area (Å²) in [6.07, 6.45) is 6.68. The average molecular weight is 182 g/mol. The van der Waals surface area contributed by atoms with Crippen molar-refractivity contribution in [3.05, 3.63) is 12.3 Å². The molecule has 10 heavy (non-hydrogen) atoms. The highest BCUT2D eigenvalue weighted by molar-refractivity contribution is 6.17. The summed E-state index contributed by atoms with van der Waals surface area (Å²) in [5.41, 5.74) is 0. The van der Waals surface area contributed by atoms with E-state index in [0.29, 0.717) is 0 Å². The number of hydrogen-bond donors (Lipinski definition) is 0. The van der Waals surface area contributed by atoms with Crippen LogP contribution in [0.2, 0.25) is 0 Å². The van der Waals surface area contributed by atoms with Gasteiger partial charge in [-0.15, -0.1) is 24.0 Å². The fourth-order valence-electron chi connectivity index (χ4n) is 0.988. The normalized spacial score (nSPS) is 15.5. The summed E-state index contributed by atoms with van der Waals surface area (Å²) in [7, 11) is 0. The first kappa shape index (κ1) is 10.1. The van der Waals surface area contributed by atoms with Crippen LogP contribution >= 0.6 is 24.0 Å². The molecule has 0 saturated heterocycles. The molecule has 3 heteroatoms. The number of rotatable bonds is 3. The van der Waals surface area contributed by atoms with Gasteiger partial charge in [-0.2, -0.15) is 0 Å². The minimum Gasteiger partial charge on any atom is -0.377 e. The van der Waals surface area contributed by atoms with Crippen molar-refractivity contribution in [1.29, 1.82) is 0 Å². The zero-order valence-corrected chi connectivity index (χ0v) is 7.50. The van der Waals surface area contributed by atoms with Crippen molar-refractivity contribution in [2.24, 2.45) is 0 Å². The highest BCUT2D eigenvalue weighted by Gasteiger charge is 2.01. The predicted octanol–water partition coefficient (Wildman–Crippen LogP) is 2.26. The van der Waals surface area contributed by atoms with Gasteiger partial charge in [0.05, 0.1) is 0 Å². The molecule has 0 bridgehead atoms. The van der Waals surface area contributed by atoms with Crippen LogP contribution in [-0.4, -0.2) is 23.9 Å².